The van der Waals surface area contributed by atoms with Gasteiger partial charge in [0.15, 0.2) is 6.61 Å². The Balaban J connectivity index is 1.73. The third-order valence-corrected chi connectivity index (χ3v) is 5.68. The summed E-state index contributed by atoms with van der Waals surface area (Å²) in [5, 5.41) is 0.419. The first-order chi connectivity index (χ1) is 13.0. The molecule has 0 N–H and O–H groups in total. The van der Waals surface area contributed by atoms with Gasteiger partial charge < -0.3 is 14.4 Å². The van der Waals surface area contributed by atoms with E-state index in [4.69, 9.17) is 9.47 Å². The van der Waals surface area contributed by atoms with Gasteiger partial charge in [-0.2, -0.15) is 0 Å². The number of anilines is 1. The Morgan fingerprint density at radius 3 is 2.78 bits per heavy atom. The van der Waals surface area contributed by atoms with Crippen molar-refractivity contribution >= 4 is 29.3 Å². The van der Waals surface area contributed by atoms with Crippen molar-refractivity contribution in [3.63, 3.8) is 0 Å². The molecule has 0 aromatic heterocycles. The zero-order valence-corrected chi connectivity index (χ0v) is 16.5. The van der Waals surface area contributed by atoms with E-state index in [2.05, 4.69) is 6.92 Å². The SMILES string of the molecule is COc1ccc(C)cc1C(=O)OCC(=O)N1CC[C@H](C)Sc2ccccc21. The Kier molecular flexibility index (Phi) is 6.06. The fraction of sp³-hybridized carbons (Fsp3) is 0.333. The lowest BCUT2D eigenvalue weighted by Crippen LogP contribution is -2.35. The van der Waals surface area contributed by atoms with Crippen molar-refractivity contribution in [3.8, 4) is 5.75 Å². The molecule has 1 heterocycles. The fourth-order valence-electron chi connectivity index (χ4n) is 3.01. The third kappa shape index (κ3) is 4.45. The smallest absolute Gasteiger partial charge is 0.342 e. The average Bonchev–Trinajstić information content (AvgIpc) is 2.84. The zero-order chi connectivity index (χ0) is 19.4. The van der Waals surface area contributed by atoms with E-state index in [1.165, 1.54) is 7.11 Å². The van der Waals surface area contributed by atoms with E-state index in [-0.39, 0.29) is 12.5 Å². The van der Waals surface area contributed by atoms with E-state index in [0.29, 0.717) is 23.1 Å². The van der Waals surface area contributed by atoms with Crippen LogP contribution in [0.4, 0.5) is 5.69 Å². The van der Waals surface area contributed by atoms with Crippen molar-refractivity contribution in [1.29, 1.82) is 0 Å². The second-order valence-electron chi connectivity index (χ2n) is 6.51. The number of esters is 1. The molecule has 2 aromatic rings. The number of methoxy groups -OCH3 is 1. The van der Waals surface area contributed by atoms with Gasteiger partial charge in [-0.3, -0.25) is 4.79 Å². The Morgan fingerprint density at radius 2 is 2.00 bits per heavy atom. The molecule has 6 heteroatoms. The Labute approximate surface area is 163 Å². The number of fused-ring (bicyclic) bond motifs is 1. The molecule has 3 rings (SSSR count). The highest BCUT2D eigenvalue weighted by molar-refractivity contribution is 8.00. The normalized spacial score (nSPS) is 16.3. The highest BCUT2D eigenvalue weighted by atomic mass is 32.2. The van der Waals surface area contributed by atoms with Crippen LogP contribution >= 0.6 is 11.8 Å². The fourth-order valence-corrected chi connectivity index (χ4v) is 4.12. The third-order valence-electron chi connectivity index (χ3n) is 4.45. The number of ether oxygens (including phenoxy) is 2. The summed E-state index contributed by atoms with van der Waals surface area (Å²) >= 11 is 1.76. The maximum Gasteiger partial charge on any atom is 0.342 e. The van der Waals surface area contributed by atoms with E-state index in [1.54, 1.807) is 28.8 Å². The van der Waals surface area contributed by atoms with Crippen molar-refractivity contribution in [1.82, 2.24) is 0 Å². The first kappa shape index (κ1) is 19.3. The van der Waals surface area contributed by atoms with Crippen LogP contribution in [0.2, 0.25) is 0 Å². The topological polar surface area (TPSA) is 55.8 Å². The summed E-state index contributed by atoms with van der Waals surface area (Å²) in [4.78, 5) is 28.0. The molecule has 142 valence electrons. The number of para-hydroxylation sites is 1. The molecule has 1 aliphatic rings. The minimum atomic E-state index is -0.560. The van der Waals surface area contributed by atoms with Crippen molar-refractivity contribution in [2.75, 3.05) is 25.2 Å². The van der Waals surface area contributed by atoms with Crippen molar-refractivity contribution in [2.45, 2.75) is 30.4 Å². The van der Waals surface area contributed by atoms with Gasteiger partial charge in [-0.15, -0.1) is 11.8 Å². The molecule has 0 saturated heterocycles. The summed E-state index contributed by atoms with van der Waals surface area (Å²) in [5.41, 5.74) is 2.12. The molecule has 0 bridgehead atoms. The lowest BCUT2D eigenvalue weighted by molar-refractivity contribution is -0.121. The summed E-state index contributed by atoms with van der Waals surface area (Å²) in [7, 11) is 1.50. The molecule has 0 fully saturated rings. The van der Waals surface area contributed by atoms with Crippen LogP contribution in [0.25, 0.3) is 0 Å². The van der Waals surface area contributed by atoms with E-state index in [0.717, 1.165) is 22.6 Å². The van der Waals surface area contributed by atoms with Gasteiger partial charge in [-0.25, -0.2) is 4.79 Å². The second kappa shape index (κ2) is 8.48. The van der Waals surface area contributed by atoms with Crippen molar-refractivity contribution in [3.05, 3.63) is 53.6 Å². The van der Waals surface area contributed by atoms with Crippen LogP contribution in [0.3, 0.4) is 0 Å². The molecule has 0 aliphatic carbocycles. The van der Waals surface area contributed by atoms with Gasteiger partial charge in [0.2, 0.25) is 0 Å². The molecule has 0 saturated carbocycles. The van der Waals surface area contributed by atoms with E-state index >= 15 is 0 Å². The quantitative estimate of drug-likeness (QED) is 0.743. The van der Waals surface area contributed by atoms with Crippen LogP contribution in [-0.4, -0.2) is 37.4 Å². The Morgan fingerprint density at radius 1 is 1.22 bits per heavy atom. The lowest BCUT2D eigenvalue weighted by Gasteiger charge is -2.22. The largest absolute Gasteiger partial charge is 0.496 e. The minimum Gasteiger partial charge on any atom is -0.496 e. The van der Waals surface area contributed by atoms with Crippen LogP contribution in [-0.2, 0) is 9.53 Å². The number of aryl methyl sites for hydroxylation is 1. The van der Waals surface area contributed by atoms with Crippen LogP contribution in [0.1, 0.15) is 29.3 Å². The summed E-state index contributed by atoms with van der Waals surface area (Å²) in [6.07, 6.45) is 0.880. The molecule has 0 unspecified atom stereocenters. The number of carbonyl (C=O) groups is 2. The van der Waals surface area contributed by atoms with Gasteiger partial charge in [0.25, 0.3) is 5.91 Å². The predicted octanol–water partition coefficient (Wildman–Crippen LogP) is 4.08. The molecule has 0 radical (unpaired) electrons. The summed E-state index contributed by atoms with van der Waals surface area (Å²) in [5.74, 6) is -0.352. The van der Waals surface area contributed by atoms with Crippen molar-refractivity contribution < 1.29 is 19.1 Å². The molecular formula is C21H23NO4S. The number of carbonyl (C=O) groups excluding carboxylic acids is 2. The Bertz CT molecular complexity index is 852. The second-order valence-corrected chi connectivity index (χ2v) is 7.99. The molecule has 2 aromatic carbocycles. The predicted molar refractivity (Wildman–Crippen MR) is 107 cm³/mol. The lowest BCUT2D eigenvalue weighted by atomic mass is 10.1. The molecule has 1 amide bonds. The maximum atomic E-state index is 12.8. The van der Waals surface area contributed by atoms with Gasteiger partial charge in [0.1, 0.15) is 11.3 Å². The van der Waals surface area contributed by atoms with Crippen LogP contribution in [0.15, 0.2) is 47.4 Å². The van der Waals surface area contributed by atoms with E-state index in [1.807, 2.05) is 37.3 Å². The summed E-state index contributed by atoms with van der Waals surface area (Å²) < 4.78 is 10.5. The minimum absolute atomic E-state index is 0.225. The average molecular weight is 385 g/mol. The number of amides is 1. The number of nitrogens with zero attached hydrogens (tertiary/aromatic N) is 1. The molecular weight excluding hydrogens is 362 g/mol. The van der Waals surface area contributed by atoms with Gasteiger partial charge in [0, 0.05) is 16.7 Å². The standard InChI is InChI=1S/C21H23NO4S/c1-14-8-9-18(25-3)16(12-14)21(24)26-13-20(23)22-11-10-15(2)27-19-7-5-4-6-17(19)22/h4-9,12,15H,10-11,13H2,1-3H3/t15-/m0/s1. The first-order valence-corrected chi connectivity index (χ1v) is 9.75. The maximum absolute atomic E-state index is 12.8. The number of thioether (sulfide) groups is 1. The molecule has 0 spiro atoms. The number of hydrogen-bond acceptors (Lipinski definition) is 5. The van der Waals surface area contributed by atoms with Gasteiger partial charge in [0.05, 0.1) is 12.8 Å². The number of rotatable bonds is 4. The van der Waals surface area contributed by atoms with Gasteiger partial charge in [-0.05, 0) is 37.6 Å². The monoisotopic (exact) mass is 385 g/mol. The number of benzene rings is 2. The zero-order valence-electron chi connectivity index (χ0n) is 15.7. The highest BCUT2D eigenvalue weighted by Gasteiger charge is 2.25. The molecule has 1 atom stereocenters. The molecule has 1 aliphatic heterocycles. The van der Waals surface area contributed by atoms with Crippen LogP contribution in [0.5, 0.6) is 5.75 Å². The molecule has 5 nitrogen and oxygen atoms in total. The van der Waals surface area contributed by atoms with E-state index in [9.17, 15) is 9.59 Å². The molecule has 27 heavy (non-hydrogen) atoms. The number of hydrogen-bond donors (Lipinski definition) is 0. The highest BCUT2D eigenvalue weighted by Crippen LogP contribution is 2.37. The summed E-state index contributed by atoms with van der Waals surface area (Å²) in [6, 6.07) is 13.1. The first-order valence-electron chi connectivity index (χ1n) is 8.87. The Hall–Kier alpha value is -2.47. The van der Waals surface area contributed by atoms with E-state index < -0.39 is 5.97 Å². The van der Waals surface area contributed by atoms with Crippen LogP contribution in [0, 0.1) is 6.92 Å². The van der Waals surface area contributed by atoms with Gasteiger partial charge in [-0.1, -0.05) is 30.7 Å². The van der Waals surface area contributed by atoms with Crippen molar-refractivity contribution in [2.24, 2.45) is 0 Å². The summed E-state index contributed by atoms with van der Waals surface area (Å²) in [6.45, 7) is 4.34. The van der Waals surface area contributed by atoms with Gasteiger partial charge >= 0.3 is 5.97 Å². The van der Waals surface area contributed by atoms with Crippen LogP contribution < -0.4 is 9.64 Å².